The first kappa shape index (κ1) is 19.0. The normalized spacial score (nSPS) is 10.5. The number of benzene rings is 2. The number of carbonyl (C=O) groups excluding carboxylic acids is 1. The average Bonchev–Trinajstić information content (AvgIpc) is 2.40. The molecule has 0 saturated heterocycles. The van der Waals surface area contributed by atoms with Gasteiger partial charge >= 0.3 is 0 Å². The Labute approximate surface area is 146 Å². The fourth-order valence-corrected chi connectivity index (χ4v) is 3.65. The van der Waals surface area contributed by atoms with Crippen molar-refractivity contribution in [3.05, 3.63) is 58.7 Å². The monoisotopic (exact) mass is 307 g/mol. The van der Waals surface area contributed by atoms with Crippen LogP contribution in [-0.2, 0) is 0 Å². The van der Waals surface area contributed by atoms with Gasteiger partial charge in [-0.1, -0.05) is 29.8 Å². The summed E-state index contributed by atoms with van der Waals surface area (Å²) in [5.74, 6) is 0.848. The number of hydrogen-bond donors (Lipinski definition) is 0. The molecule has 0 spiro atoms. The zero-order valence-electron chi connectivity index (χ0n) is 14.0. The second-order valence-corrected chi connectivity index (χ2v) is 6.47. The van der Waals surface area contributed by atoms with Crippen molar-refractivity contribution >= 4 is 38.3 Å². The van der Waals surface area contributed by atoms with Gasteiger partial charge in [0.15, 0.2) is 5.52 Å². The van der Waals surface area contributed by atoms with Crippen molar-refractivity contribution in [3.8, 4) is 5.75 Å². The SMILES string of the molecule is CCOc1ccc(PC(=O)c2c(C)cc(C)cc2C)cc1.[Li]. The molecule has 1 radical (unpaired) electrons. The zero-order chi connectivity index (χ0) is 15.4. The van der Waals surface area contributed by atoms with E-state index in [9.17, 15) is 4.79 Å². The maximum Gasteiger partial charge on any atom is 0.186 e. The van der Waals surface area contributed by atoms with Gasteiger partial charge in [-0.25, -0.2) is 0 Å². The van der Waals surface area contributed by atoms with Crippen LogP contribution in [0, 0.1) is 20.8 Å². The van der Waals surface area contributed by atoms with Crippen LogP contribution in [0.15, 0.2) is 36.4 Å². The molecule has 0 fully saturated rings. The van der Waals surface area contributed by atoms with Crippen LogP contribution in [0.1, 0.15) is 34.0 Å². The van der Waals surface area contributed by atoms with Crippen LogP contribution < -0.4 is 10.0 Å². The Balaban J connectivity index is 0.00000242. The van der Waals surface area contributed by atoms with Crippen molar-refractivity contribution in [2.45, 2.75) is 27.7 Å². The Kier molecular flexibility index (Phi) is 7.37. The van der Waals surface area contributed by atoms with Crippen LogP contribution in [0.5, 0.6) is 5.75 Å². The van der Waals surface area contributed by atoms with Gasteiger partial charge in [-0.3, -0.25) is 4.79 Å². The summed E-state index contributed by atoms with van der Waals surface area (Å²) in [6.45, 7) is 8.69. The van der Waals surface area contributed by atoms with E-state index >= 15 is 0 Å². The minimum absolute atomic E-state index is 0. The van der Waals surface area contributed by atoms with Gasteiger partial charge in [0.05, 0.1) is 6.61 Å². The molecular formula is C18H21LiO2P. The summed E-state index contributed by atoms with van der Waals surface area (Å²) in [6.07, 6.45) is 0. The van der Waals surface area contributed by atoms with Gasteiger partial charge in [-0.2, -0.15) is 0 Å². The molecule has 22 heavy (non-hydrogen) atoms. The van der Waals surface area contributed by atoms with Crippen molar-refractivity contribution < 1.29 is 9.53 Å². The Bertz CT molecular complexity index is 628. The van der Waals surface area contributed by atoms with Crippen LogP contribution in [0.25, 0.3) is 0 Å². The van der Waals surface area contributed by atoms with Crippen molar-refractivity contribution in [2.24, 2.45) is 0 Å². The van der Waals surface area contributed by atoms with Crippen LogP contribution in [0.4, 0.5) is 0 Å². The molecular weight excluding hydrogens is 286 g/mol. The minimum atomic E-state index is 0. The van der Waals surface area contributed by atoms with Gasteiger partial charge in [0.1, 0.15) is 5.75 Å². The zero-order valence-corrected chi connectivity index (χ0v) is 15.0. The Morgan fingerprint density at radius 3 is 2.09 bits per heavy atom. The molecule has 2 rings (SSSR count). The fraction of sp³-hybridized carbons (Fsp3) is 0.278. The summed E-state index contributed by atoms with van der Waals surface area (Å²) in [4.78, 5) is 12.6. The maximum absolute atomic E-state index is 12.6. The van der Waals surface area contributed by atoms with Crippen LogP contribution in [0.2, 0.25) is 0 Å². The first-order chi connectivity index (χ1) is 10.0. The molecule has 0 heterocycles. The summed E-state index contributed by atoms with van der Waals surface area (Å²) in [7, 11) is 0.149. The largest absolute Gasteiger partial charge is 0.494 e. The Morgan fingerprint density at radius 1 is 1.05 bits per heavy atom. The topological polar surface area (TPSA) is 26.3 Å². The standard InChI is InChI=1S/C18H21O2P.Li/c1-5-20-15-6-8-16(9-7-15)21-18(19)17-13(3)10-12(2)11-14(17)4;/h6-11,21H,5H2,1-4H3;. The second kappa shape index (κ2) is 8.54. The molecule has 0 aliphatic heterocycles. The molecule has 0 aliphatic carbocycles. The fourth-order valence-electron chi connectivity index (χ4n) is 2.53. The third-order valence-corrected chi connectivity index (χ3v) is 4.43. The van der Waals surface area contributed by atoms with E-state index in [1.54, 1.807) is 0 Å². The minimum Gasteiger partial charge on any atom is -0.494 e. The number of rotatable bonds is 5. The summed E-state index contributed by atoms with van der Waals surface area (Å²) in [5, 5.41) is 1.04. The van der Waals surface area contributed by atoms with E-state index in [-0.39, 0.29) is 33.0 Å². The molecule has 0 aromatic heterocycles. The molecule has 4 heteroatoms. The first-order valence-electron chi connectivity index (χ1n) is 7.13. The summed E-state index contributed by atoms with van der Waals surface area (Å²) >= 11 is 0. The smallest absolute Gasteiger partial charge is 0.186 e. The third-order valence-electron chi connectivity index (χ3n) is 3.33. The maximum atomic E-state index is 12.6. The molecule has 2 aromatic carbocycles. The van der Waals surface area contributed by atoms with Gasteiger partial charge in [0.25, 0.3) is 0 Å². The summed E-state index contributed by atoms with van der Waals surface area (Å²) < 4.78 is 5.42. The van der Waals surface area contributed by atoms with Gasteiger partial charge in [-0.15, -0.1) is 0 Å². The van der Waals surface area contributed by atoms with E-state index in [0.717, 1.165) is 27.7 Å². The Morgan fingerprint density at radius 2 is 1.59 bits per heavy atom. The molecule has 111 valence electrons. The number of hydrogen-bond acceptors (Lipinski definition) is 2. The number of aryl methyl sites for hydroxylation is 3. The van der Waals surface area contributed by atoms with Gasteiger partial charge in [-0.05, 0) is 64.8 Å². The molecule has 0 aliphatic rings. The number of carbonyl (C=O) groups is 1. The van der Waals surface area contributed by atoms with Gasteiger partial charge in [0, 0.05) is 24.4 Å². The van der Waals surface area contributed by atoms with Crippen LogP contribution in [-0.4, -0.2) is 31.0 Å². The predicted octanol–water partition coefficient (Wildman–Crippen LogP) is 3.77. The van der Waals surface area contributed by atoms with Gasteiger partial charge < -0.3 is 4.74 Å². The molecule has 1 unspecified atom stereocenters. The van der Waals surface area contributed by atoms with Crippen molar-refractivity contribution in [1.82, 2.24) is 0 Å². The predicted molar refractivity (Wildman–Crippen MR) is 96.3 cm³/mol. The van der Waals surface area contributed by atoms with E-state index in [1.807, 2.05) is 45.0 Å². The molecule has 0 saturated carbocycles. The average molecular weight is 307 g/mol. The second-order valence-electron chi connectivity index (χ2n) is 5.19. The molecule has 0 amide bonds. The van der Waals surface area contributed by atoms with Crippen molar-refractivity contribution in [2.75, 3.05) is 6.61 Å². The van der Waals surface area contributed by atoms with Crippen molar-refractivity contribution in [1.29, 1.82) is 0 Å². The van der Waals surface area contributed by atoms with Gasteiger partial charge in [0.2, 0.25) is 0 Å². The number of ether oxygens (including phenoxy) is 1. The van der Waals surface area contributed by atoms with E-state index in [2.05, 4.69) is 19.1 Å². The van der Waals surface area contributed by atoms with Crippen LogP contribution >= 0.6 is 8.58 Å². The third kappa shape index (κ3) is 4.72. The van der Waals surface area contributed by atoms with Crippen molar-refractivity contribution in [3.63, 3.8) is 0 Å². The van der Waals surface area contributed by atoms with E-state index < -0.39 is 0 Å². The molecule has 0 N–H and O–H groups in total. The van der Waals surface area contributed by atoms with E-state index in [1.165, 1.54) is 5.56 Å². The molecule has 2 aromatic rings. The molecule has 1 atom stereocenters. The quantitative estimate of drug-likeness (QED) is 0.621. The summed E-state index contributed by atoms with van der Waals surface area (Å²) in [5.41, 5.74) is 4.40. The van der Waals surface area contributed by atoms with E-state index in [0.29, 0.717) is 6.61 Å². The van der Waals surface area contributed by atoms with E-state index in [4.69, 9.17) is 4.74 Å². The Hall–Kier alpha value is -1.06. The molecule has 0 bridgehead atoms. The first-order valence-corrected chi connectivity index (χ1v) is 8.13. The van der Waals surface area contributed by atoms with Crippen LogP contribution in [0.3, 0.4) is 0 Å². The molecule has 2 nitrogen and oxygen atoms in total. The summed E-state index contributed by atoms with van der Waals surface area (Å²) in [6, 6.07) is 11.9.